The van der Waals surface area contributed by atoms with E-state index in [4.69, 9.17) is 4.74 Å². The summed E-state index contributed by atoms with van der Waals surface area (Å²) in [5.74, 6) is 0. The molecule has 0 bridgehead atoms. The predicted octanol–water partition coefficient (Wildman–Crippen LogP) is 3.14. The van der Waals surface area contributed by atoms with Crippen molar-refractivity contribution >= 4 is 0 Å². The van der Waals surface area contributed by atoms with Gasteiger partial charge in [-0.25, -0.2) is 0 Å². The van der Waals surface area contributed by atoms with Gasteiger partial charge in [0.1, 0.15) is 0 Å². The van der Waals surface area contributed by atoms with Gasteiger partial charge >= 0.3 is 0 Å². The SMILES string of the molecule is CC(=CCCNC(C)(C)C)COC(C)C. The third-order valence-electron chi connectivity index (χ3n) is 1.94. The van der Waals surface area contributed by atoms with E-state index in [1.165, 1.54) is 5.57 Å². The molecule has 0 aromatic heterocycles. The van der Waals surface area contributed by atoms with Gasteiger partial charge < -0.3 is 10.1 Å². The summed E-state index contributed by atoms with van der Waals surface area (Å²) in [4.78, 5) is 0. The lowest BCUT2D eigenvalue weighted by Crippen LogP contribution is -2.36. The fourth-order valence-electron chi connectivity index (χ4n) is 1.12. The second kappa shape index (κ2) is 7.02. The van der Waals surface area contributed by atoms with Crippen LogP contribution in [0.2, 0.25) is 0 Å². The van der Waals surface area contributed by atoms with Crippen molar-refractivity contribution in [3.8, 4) is 0 Å². The van der Waals surface area contributed by atoms with E-state index >= 15 is 0 Å². The van der Waals surface area contributed by atoms with Gasteiger partial charge in [-0.15, -0.1) is 0 Å². The molecule has 2 nitrogen and oxygen atoms in total. The van der Waals surface area contributed by atoms with E-state index in [9.17, 15) is 0 Å². The number of ether oxygens (including phenoxy) is 1. The maximum atomic E-state index is 5.51. The lowest BCUT2D eigenvalue weighted by atomic mass is 10.1. The van der Waals surface area contributed by atoms with E-state index in [1.54, 1.807) is 0 Å². The van der Waals surface area contributed by atoms with E-state index in [2.05, 4.69) is 52.9 Å². The molecule has 2 heteroatoms. The molecule has 0 aliphatic heterocycles. The Hall–Kier alpha value is -0.340. The normalized spacial score (nSPS) is 13.7. The summed E-state index contributed by atoms with van der Waals surface area (Å²) < 4.78 is 5.51. The fraction of sp³-hybridized carbons (Fsp3) is 0.846. The van der Waals surface area contributed by atoms with Gasteiger partial charge in [0.05, 0.1) is 12.7 Å². The molecular formula is C13H27NO. The van der Waals surface area contributed by atoms with Crippen molar-refractivity contribution in [1.29, 1.82) is 0 Å². The summed E-state index contributed by atoms with van der Waals surface area (Å²) in [7, 11) is 0. The van der Waals surface area contributed by atoms with Crippen LogP contribution in [-0.4, -0.2) is 24.8 Å². The molecule has 90 valence electrons. The van der Waals surface area contributed by atoms with Crippen LogP contribution in [0.25, 0.3) is 0 Å². The Bertz CT molecular complexity index is 189. The summed E-state index contributed by atoms with van der Waals surface area (Å²) in [5, 5.41) is 3.46. The molecule has 0 rings (SSSR count). The van der Waals surface area contributed by atoms with Gasteiger partial charge in [-0.3, -0.25) is 0 Å². The average molecular weight is 213 g/mol. The van der Waals surface area contributed by atoms with Crippen LogP contribution in [0.15, 0.2) is 11.6 Å². The molecule has 0 spiro atoms. The highest BCUT2D eigenvalue weighted by Crippen LogP contribution is 2.01. The third kappa shape index (κ3) is 11.6. The zero-order valence-corrected chi connectivity index (χ0v) is 11.2. The number of nitrogens with one attached hydrogen (secondary N) is 1. The van der Waals surface area contributed by atoms with Crippen LogP contribution in [0, 0.1) is 0 Å². The predicted molar refractivity (Wildman–Crippen MR) is 67.2 cm³/mol. The molecule has 15 heavy (non-hydrogen) atoms. The topological polar surface area (TPSA) is 21.3 Å². The van der Waals surface area contributed by atoms with Crippen molar-refractivity contribution in [2.45, 2.75) is 59.6 Å². The van der Waals surface area contributed by atoms with Crippen molar-refractivity contribution in [3.05, 3.63) is 11.6 Å². The summed E-state index contributed by atoms with van der Waals surface area (Å²) in [6.07, 6.45) is 3.65. The van der Waals surface area contributed by atoms with E-state index in [1.807, 2.05) is 0 Å². The second-order valence-electron chi connectivity index (χ2n) is 5.38. The Morgan fingerprint density at radius 3 is 2.40 bits per heavy atom. The van der Waals surface area contributed by atoms with Crippen molar-refractivity contribution in [3.63, 3.8) is 0 Å². The van der Waals surface area contributed by atoms with Crippen LogP contribution in [0.4, 0.5) is 0 Å². The monoisotopic (exact) mass is 213 g/mol. The van der Waals surface area contributed by atoms with Crippen LogP contribution in [0.1, 0.15) is 48.0 Å². The zero-order valence-electron chi connectivity index (χ0n) is 11.2. The van der Waals surface area contributed by atoms with Crippen molar-refractivity contribution in [1.82, 2.24) is 5.32 Å². The second-order valence-corrected chi connectivity index (χ2v) is 5.38. The highest BCUT2D eigenvalue weighted by molar-refractivity contribution is 4.98. The smallest absolute Gasteiger partial charge is 0.0677 e. The van der Waals surface area contributed by atoms with Crippen molar-refractivity contribution < 1.29 is 4.74 Å². The Kier molecular flexibility index (Phi) is 6.86. The lowest BCUT2D eigenvalue weighted by molar-refractivity contribution is 0.0972. The maximum absolute atomic E-state index is 5.51. The van der Waals surface area contributed by atoms with Crippen LogP contribution in [0.3, 0.4) is 0 Å². The summed E-state index contributed by atoms with van der Waals surface area (Å²) >= 11 is 0. The first kappa shape index (κ1) is 14.7. The van der Waals surface area contributed by atoms with Gasteiger partial charge in [0.15, 0.2) is 0 Å². The van der Waals surface area contributed by atoms with Gasteiger partial charge in [-0.1, -0.05) is 11.6 Å². The van der Waals surface area contributed by atoms with E-state index in [0.29, 0.717) is 6.10 Å². The standard InChI is InChI=1S/C13H27NO/c1-11(2)15-10-12(3)8-7-9-14-13(4,5)6/h8,11,14H,7,9-10H2,1-6H3. The lowest BCUT2D eigenvalue weighted by Gasteiger charge is -2.19. The first-order valence-electron chi connectivity index (χ1n) is 5.83. The van der Waals surface area contributed by atoms with Crippen LogP contribution >= 0.6 is 0 Å². The van der Waals surface area contributed by atoms with Gasteiger partial charge in [0, 0.05) is 5.54 Å². The van der Waals surface area contributed by atoms with Gasteiger partial charge in [0.2, 0.25) is 0 Å². The molecule has 0 radical (unpaired) electrons. The molecule has 0 unspecified atom stereocenters. The Balaban J connectivity index is 3.59. The number of rotatable bonds is 6. The Morgan fingerprint density at radius 2 is 1.93 bits per heavy atom. The van der Waals surface area contributed by atoms with E-state index in [-0.39, 0.29) is 5.54 Å². The van der Waals surface area contributed by atoms with Gasteiger partial charge in [0.25, 0.3) is 0 Å². The summed E-state index contributed by atoms with van der Waals surface area (Å²) in [6.45, 7) is 14.6. The highest BCUT2D eigenvalue weighted by atomic mass is 16.5. The molecule has 0 fully saturated rings. The summed E-state index contributed by atoms with van der Waals surface area (Å²) in [6, 6.07) is 0. The quantitative estimate of drug-likeness (QED) is 0.540. The third-order valence-corrected chi connectivity index (χ3v) is 1.94. The molecule has 0 saturated carbocycles. The molecular weight excluding hydrogens is 186 g/mol. The number of hydrogen-bond acceptors (Lipinski definition) is 2. The number of hydrogen-bond donors (Lipinski definition) is 1. The molecule has 0 aromatic rings. The van der Waals surface area contributed by atoms with Gasteiger partial charge in [-0.2, -0.15) is 0 Å². The minimum absolute atomic E-state index is 0.218. The van der Waals surface area contributed by atoms with E-state index in [0.717, 1.165) is 19.6 Å². The zero-order chi connectivity index (χ0) is 11.9. The molecule has 0 aliphatic rings. The maximum Gasteiger partial charge on any atom is 0.0677 e. The van der Waals surface area contributed by atoms with Crippen LogP contribution in [0.5, 0.6) is 0 Å². The van der Waals surface area contributed by atoms with Crippen molar-refractivity contribution in [2.75, 3.05) is 13.2 Å². The largest absolute Gasteiger partial charge is 0.374 e. The first-order valence-corrected chi connectivity index (χ1v) is 5.83. The van der Waals surface area contributed by atoms with Crippen LogP contribution < -0.4 is 5.32 Å². The Labute approximate surface area is 95.1 Å². The van der Waals surface area contributed by atoms with Gasteiger partial charge in [-0.05, 0) is 54.5 Å². The molecule has 0 aliphatic carbocycles. The molecule has 0 saturated heterocycles. The minimum Gasteiger partial charge on any atom is -0.374 e. The molecule has 0 heterocycles. The summed E-state index contributed by atoms with van der Waals surface area (Å²) in [5.41, 5.74) is 1.54. The first-order chi connectivity index (χ1) is 6.81. The van der Waals surface area contributed by atoms with Crippen molar-refractivity contribution in [2.24, 2.45) is 0 Å². The van der Waals surface area contributed by atoms with Crippen LogP contribution in [-0.2, 0) is 4.74 Å². The molecule has 0 aromatic carbocycles. The average Bonchev–Trinajstić information content (AvgIpc) is 2.07. The minimum atomic E-state index is 0.218. The van der Waals surface area contributed by atoms with E-state index < -0.39 is 0 Å². The molecule has 1 N–H and O–H groups in total. The highest BCUT2D eigenvalue weighted by Gasteiger charge is 2.06. The molecule has 0 atom stereocenters. The molecule has 0 amide bonds. The Morgan fingerprint density at radius 1 is 1.33 bits per heavy atom. The fourth-order valence-corrected chi connectivity index (χ4v) is 1.12.